The lowest BCUT2D eigenvalue weighted by Gasteiger charge is -2.18. The second kappa shape index (κ2) is 11.2. The maximum absolute atomic E-state index is 12.7. The zero-order chi connectivity index (χ0) is 13.8. The minimum atomic E-state index is -0.573. The molecule has 2 atom stereocenters. The Labute approximate surface area is 109 Å². The van der Waals surface area contributed by atoms with Gasteiger partial charge in [0.15, 0.2) is 0 Å². The summed E-state index contributed by atoms with van der Waals surface area (Å²) in [4.78, 5) is 11.1. The summed E-state index contributed by atoms with van der Waals surface area (Å²) in [5.74, 6) is 1.83. The molecule has 1 amide bonds. The van der Waals surface area contributed by atoms with E-state index in [9.17, 15) is 9.18 Å². The lowest BCUT2D eigenvalue weighted by Crippen LogP contribution is -2.35. The molecule has 4 nitrogen and oxygen atoms in total. The van der Waals surface area contributed by atoms with E-state index < -0.39 is 6.09 Å². The summed E-state index contributed by atoms with van der Waals surface area (Å²) in [5.41, 5.74) is 0.605. The van der Waals surface area contributed by atoms with Crippen LogP contribution in [0.25, 0.3) is 0 Å². The number of ether oxygens (including phenoxy) is 1. The van der Waals surface area contributed by atoms with Crippen molar-refractivity contribution in [2.45, 2.75) is 31.7 Å². The molecule has 0 heterocycles. The molecular weight excluding hydrogens is 256 g/mol. The first-order chi connectivity index (χ1) is 8.67. The zero-order valence-electron chi connectivity index (χ0n) is 10.6. The molecule has 0 spiro atoms. The van der Waals surface area contributed by atoms with Crippen LogP contribution in [-0.4, -0.2) is 31.0 Å². The van der Waals surface area contributed by atoms with Crippen molar-refractivity contribution in [1.82, 2.24) is 5.32 Å². The second-order valence-electron chi connectivity index (χ2n) is 3.78. The molecule has 0 aliphatic heterocycles. The molecule has 0 aromatic carbocycles. The Morgan fingerprint density at radius 1 is 1.61 bits per heavy atom. The summed E-state index contributed by atoms with van der Waals surface area (Å²) in [6.07, 6.45) is 3.98. The van der Waals surface area contributed by atoms with E-state index in [-0.39, 0.29) is 12.6 Å². The predicted octanol–water partition coefficient (Wildman–Crippen LogP) is 2.51. The van der Waals surface area contributed by atoms with Crippen molar-refractivity contribution in [2.24, 2.45) is 0 Å². The minimum Gasteiger partial charge on any atom is -0.453 e. The first kappa shape index (κ1) is 17.1. The van der Waals surface area contributed by atoms with Gasteiger partial charge in [-0.15, -0.1) is 9.24 Å². The molecule has 0 fully saturated rings. The highest BCUT2D eigenvalue weighted by atomic mass is 31.0. The first-order valence-electron chi connectivity index (χ1n) is 5.78. The van der Waals surface area contributed by atoms with Gasteiger partial charge in [0.05, 0.1) is 13.4 Å². The average Bonchev–Trinajstić information content (AvgIpc) is 2.37. The number of hydrogen-bond donors (Lipinski definition) is 2. The molecule has 0 aromatic rings. The number of aliphatic hydroxyl groups excluding tert-OH is 1. The van der Waals surface area contributed by atoms with E-state index in [1.165, 1.54) is 7.11 Å². The largest absolute Gasteiger partial charge is 0.453 e. The van der Waals surface area contributed by atoms with Crippen LogP contribution in [0, 0.1) is 0 Å². The van der Waals surface area contributed by atoms with Gasteiger partial charge < -0.3 is 15.2 Å². The van der Waals surface area contributed by atoms with Gasteiger partial charge in [-0.05, 0) is 31.3 Å². The van der Waals surface area contributed by atoms with Crippen LogP contribution in [0.1, 0.15) is 25.7 Å². The highest BCUT2D eigenvalue weighted by Crippen LogP contribution is 2.15. The van der Waals surface area contributed by atoms with Gasteiger partial charge in [-0.1, -0.05) is 11.9 Å². The van der Waals surface area contributed by atoms with Crippen LogP contribution in [0.5, 0.6) is 0 Å². The molecular formula is C12H21FNO3P. The van der Waals surface area contributed by atoms with E-state index >= 15 is 0 Å². The maximum atomic E-state index is 12.7. The fourth-order valence-corrected chi connectivity index (χ4v) is 1.68. The molecule has 0 aliphatic carbocycles. The molecule has 2 N–H and O–H groups in total. The Hall–Kier alpha value is -0.930. The van der Waals surface area contributed by atoms with Crippen molar-refractivity contribution >= 4 is 15.3 Å². The number of aliphatic hydroxyl groups is 1. The number of alkyl carbamates (subject to hydrolysis) is 1. The van der Waals surface area contributed by atoms with Gasteiger partial charge in [-0.3, -0.25) is 0 Å². The van der Waals surface area contributed by atoms with Gasteiger partial charge in [0.2, 0.25) is 0 Å². The third kappa shape index (κ3) is 8.20. The summed E-state index contributed by atoms with van der Waals surface area (Å²) in [6, 6.07) is -0.315. The molecule has 0 aliphatic rings. The minimum absolute atomic E-state index is 0.0697. The van der Waals surface area contributed by atoms with Crippen LogP contribution in [0.4, 0.5) is 9.18 Å². The SMILES string of the molecule is COC(=O)NC(CCO)C/C(=C\F)CC/C=C\P. The normalized spacial score (nSPS) is 13.7. The smallest absolute Gasteiger partial charge is 0.407 e. The van der Waals surface area contributed by atoms with E-state index in [1.54, 1.807) is 0 Å². The Morgan fingerprint density at radius 2 is 2.33 bits per heavy atom. The maximum Gasteiger partial charge on any atom is 0.407 e. The third-order valence-corrected chi connectivity index (χ3v) is 2.69. The van der Waals surface area contributed by atoms with Crippen molar-refractivity contribution in [3.05, 3.63) is 23.8 Å². The average molecular weight is 277 g/mol. The Kier molecular flexibility index (Phi) is 10.6. The summed E-state index contributed by atoms with van der Waals surface area (Å²) >= 11 is 0. The third-order valence-electron chi connectivity index (χ3n) is 2.42. The highest BCUT2D eigenvalue weighted by Gasteiger charge is 2.14. The van der Waals surface area contributed by atoms with Crippen molar-refractivity contribution in [3.8, 4) is 0 Å². The summed E-state index contributed by atoms with van der Waals surface area (Å²) in [6.45, 7) is -0.0697. The van der Waals surface area contributed by atoms with Crippen LogP contribution in [0.2, 0.25) is 0 Å². The molecule has 0 rings (SSSR count). The van der Waals surface area contributed by atoms with Gasteiger partial charge in [0, 0.05) is 12.6 Å². The van der Waals surface area contributed by atoms with Crippen LogP contribution >= 0.6 is 9.24 Å². The quantitative estimate of drug-likeness (QED) is 0.670. The van der Waals surface area contributed by atoms with E-state index in [0.717, 1.165) is 6.42 Å². The van der Waals surface area contributed by atoms with Crippen LogP contribution < -0.4 is 5.32 Å². The van der Waals surface area contributed by atoms with E-state index in [1.807, 2.05) is 11.9 Å². The van der Waals surface area contributed by atoms with E-state index in [4.69, 9.17) is 5.11 Å². The monoisotopic (exact) mass is 277 g/mol. The zero-order valence-corrected chi connectivity index (χ0v) is 11.7. The van der Waals surface area contributed by atoms with Crippen LogP contribution in [0.15, 0.2) is 23.8 Å². The molecule has 0 saturated heterocycles. The molecule has 0 radical (unpaired) electrons. The number of halogens is 1. The lowest BCUT2D eigenvalue weighted by atomic mass is 10.0. The summed E-state index contributed by atoms with van der Waals surface area (Å²) < 4.78 is 17.2. The van der Waals surface area contributed by atoms with Crippen molar-refractivity contribution in [1.29, 1.82) is 0 Å². The van der Waals surface area contributed by atoms with Crippen molar-refractivity contribution < 1.29 is 19.0 Å². The fourth-order valence-electron chi connectivity index (χ4n) is 1.49. The van der Waals surface area contributed by atoms with E-state index in [2.05, 4.69) is 19.3 Å². The Bertz CT molecular complexity index is 295. The number of amides is 1. The van der Waals surface area contributed by atoms with Gasteiger partial charge in [0.1, 0.15) is 0 Å². The fraction of sp³-hybridized carbons (Fsp3) is 0.583. The van der Waals surface area contributed by atoms with Crippen LogP contribution in [-0.2, 0) is 4.74 Å². The Balaban J connectivity index is 4.30. The van der Waals surface area contributed by atoms with Gasteiger partial charge in [0.25, 0.3) is 0 Å². The summed E-state index contributed by atoms with van der Waals surface area (Å²) in [7, 11) is 3.72. The molecule has 18 heavy (non-hydrogen) atoms. The van der Waals surface area contributed by atoms with Crippen LogP contribution in [0.3, 0.4) is 0 Å². The second-order valence-corrected chi connectivity index (χ2v) is 4.17. The standard InChI is InChI=1S/C12H21FNO3P/c1-17-12(16)14-11(5-6-15)8-10(9-13)4-2-3-7-18/h3,7,9,11,15H,2,4-6,8,18H2,1H3,(H,14,16)/b7-3-,10-9-. The molecule has 6 heteroatoms. The van der Waals surface area contributed by atoms with Gasteiger partial charge in [-0.25, -0.2) is 9.18 Å². The molecule has 104 valence electrons. The number of rotatable bonds is 8. The predicted molar refractivity (Wildman–Crippen MR) is 72.9 cm³/mol. The summed E-state index contributed by atoms with van der Waals surface area (Å²) in [5, 5.41) is 11.5. The molecule has 0 bridgehead atoms. The van der Waals surface area contributed by atoms with Gasteiger partial charge in [-0.2, -0.15) is 0 Å². The number of nitrogens with one attached hydrogen (secondary N) is 1. The van der Waals surface area contributed by atoms with E-state index in [0.29, 0.717) is 31.2 Å². The van der Waals surface area contributed by atoms with Crippen molar-refractivity contribution in [3.63, 3.8) is 0 Å². The molecule has 0 aromatic heterocycles. The molecule has 2 unspecified atom stereocenters. The number of allylic oxidation sites excluding steroid dienone is 1. The molecule has 0 saturated carbocycles. The first-order valence-corrected chi connectivity index (χ1v) is 6.44. The number of carbonyl (C=O) groups is 1. The number of methoxy groups -OCH3 is 1. The number of carbonyl (C=O) groups excluding carboxylic acids is 1. The van der Waals surface area contributed by atoms with Gasteiger partial charge >= 0.3 is 6.09 Å². The lowest BCUT2D eigenvalue weighted by molar-refractivity contribution is 0.163. The highest BCUT2D eigenvalue weighted by molar-refractivity contribution is 7.20. The Morgan fingerprint density at radius 3 is 2.83 bits per heavy atom. The topological polar surface area (TPSA) is 58.6 Å². The number of hydrogen-bond acceptors (Lipinski definition) is 3. The van der Waals surface area contributed by atoms with Crippen molar-refractivity contribution in [2.75, 3.05) is 13.7 Å².